The zero-order chi connectivity index (χ0) is 24.3. The first-order valence-electron chi connectivity index (χ1n) is 12.9. The number of fused-ring (bicyclic) bond motifs is 3. The van der Waals surface area contributed by atoms with E-state index in [9.17, 15) is 9.90 Å². The molecule has 7 heteroatoms. The average molecular weight is 471 g/mol. The van der Waals surface area contributed by atoms with Crippen molar-refractivity contribution >= 4 is 17.9 Å². The van der Waals surface area contributed by atoms with Crippen LogP contribution in [-0.2, 0) is 9.63 Å². The summed E-state index contributed by atoms with van der Waals surface area (Å²) in [5.74, 6) is 0.0573. The molecule has 1 amide bonds. The van der Waals surface area contributed by atoms with Crippen molar-refractivity contribution in [1.29, 1.82) is 0 Å². The van der Waals surface area contributed by atoms with Gasteiger partial charge in [0.15, 0.2) is 0 Å². The number of carbonyl (C=O) groups excluding carboxylic acids is 1. The predicted molar refractivity (Wildman–Crippen MR) is 137 cm³/mol. The molecule has 0 radical (unpaired) electrons. The van der Waals surface area contributed by atoms with Crippen LogP contribution in [0.1, 0.15) is 82.7 Å². The number of nitrogens with zero attached hydrogens (tertiary/aromatic N) is 4. The molecular formula is C27H42N4O3. The molecule has 1 N–H and O–H groups in total. The first kappa shape index (κ1) is 26.2. The van der Waals surface area contributed by atoms with Crippen LogP contribution in [-0.4, -0.2) is 60.7 Å². The monoisotopic (exact) mass is 470 g/mol. The molecule has 2 aliphatic heterocycles. The fourth-order valence-electron chi connectivity index (χ4n) is 4.76. The Morgan fingerprint density at radius 1 is 1.09 bits per heavy atom. The fourth-order valence-corrected chi connectivity index (χ4v) is 4.76. The average Bonchev–Trinajstić information content (AvgIpc) is 3.28. The van der Waals surface area contributed by atoms with E-state index in [0.717, 1.165) is 25.1 Å². The number of carbonyl (C=O) groups is 1. The van der Waals surface area contributed by atoms with Crippen LogP contribution in [0.15, 0.2) is 41.2 Å². The molecule has 0 saturated heterocycles. The summed E-state index contributed by atoms with van der Waals surface area (Å²) in [6.07, 6.45) is 15.4. The van der Waals surface area contributed by atoms with E-state index in [2.05, 4.69) is 40.3 Å². The van der Waals surface area contributed by atoms with Crippen LogP contribution < -0.4 is 4.90 Å². The van der Waals surface area contributed by atoms with Crippen LogP contribution in [0.5, 0.6) is 0 Å². The van der Waals surface area contributed by atoms with Gasteiger partial charge in [0, 0.05) is 37.5 Å². The maximum absolute atomic E-state index is 11.7. The Hall–Kier alpha value is -2.38. The molecular weight excluding hydrogens is 428 g/mol. The Balaban J connectivity index is 1.31. The molecule has 34 heavy (non-hydrogen) atoms. The van der Waals surface area contributed by atoms with E-state index in [-0.39, 0.29) is 24.6 Å². The summed E-state index contributed by atoms with van der Waals surface area (Å²) >= 11 is 0. The topological polar surface area (TPSA) is 68.6 Å². The Labute approximate surface area is 205 Å². The molecule has 0 bridgehead atoms. The molecule has 2 atom stereocenters. The van der Waals surface area contributed by atoms with Gasteiger partial charge in [-0.05, 0) is 25.8 Å². The second-order valence-corrected chi connectivity index (χ2v) is 9.44. The number of amides is 1. The Bertz CT molecular complexity index is 841. The van der Waals surface area contributed by atoms with Crippen molar-refractivity contribution in [2.24, 2.45) is 4.99 Å². The van der Waals surface area contributed by atoms with Gasteiger partial charge in [0.05, 0.1) is 31.8 Å². The van der Waals surface area contributed by atoms with Gasteiger partial charge in [-0.2, -0.15) is 0 Å². The van der Waals surface area contributed by atoms with Crippen molar-refractivity contribution in [3.63, 3.8) is 0 Å². The Morgan fingerprint density at radius 3 is 2.41 bits per heavy atom. The van der Waals surface area contributed by atoms with Crippen LogP contribution in [0.2, 0.25) is 0 Å². The SMILES string of the molecule is CON(C)C(=O)CCCCCCCCCCCN1C=NC2=CN(C(C)CO)c3ccccc3C21. The lowest BCUT2D eigenvalue weighted by Crippen LogP contribution is -2.37. The van der Waals surface area contributed by atoms with Crippen LogP contribution in [0.3, 0.4) is 0 Å². The summed E-state index contributed by atoms with van der Waals surface area (Å²) in [5, 5.41) is 11.0. The molecule has 0 saturated carbocycles. The summed E-state index contributed by atoms with van der Waals surface area (Å²) < 4.78 is 0. The number of hydroxylamine groups is 2. The molecule has 2 heterocycles. The first-order valence-corrected chi connectivity index (χ1v) is 12.9. The second-order valence-electron chi connectivity index (χ2n) is 9.44. The molecule has 1 aromatic carbocycles. The van der Waals surface area contributed by atoms with Crippen molar-refractivity contribution in [3.05, 3.63) is 41.7 Å². The number of para-hydroxylation sites is 1. The van der Waals surface area contributed by atoms with E-state index in [1.807, 2.05) is 13.3 Å². The van der Waals surface area contributed by atoms with Gasteiger partial charge in [-0.25, -0.2) is 10.1 Å². The summed E-state index contributed by atoms with van der Waals surface area (Å²) in [7, 11) is 3.18. The van der Waals surface area contributed by atoms with Crippen molar-refractivity contribution in [2.45, 2.75) is 83.2 Å². The van der Waals surface area contributed by atoms with Crippen LogP contribution in [0.4, 0.5) is 5.69 Å². The lowest BCUT2D eigenvalue weighted by Gasteiger charge is -2.37. The number of aliphatic hydroxyl groups is 1. The lowest BCUT2D eigenvalue weighted by atomic mass is 9.96. The fraction of sp³-hybridized carbons (Fsp3) is 0.630. The number of anilines is 1. The van der Waals surface area contributed by atoms with Crippen LogP contribution in [0.25, 0.3) is 0 Å². The van der Waals surface area contributed by atoms with Gasteiger partial charge in [-0.3, -0.25) is 9.63 Å². The van der Waals surface area contributed by atoms with E-state index in [4.69, 9.17) is 9.83 Å². The summed E-state index contributed by atoms with van der Waals surface area (Å²) in [4.78, 5) is 25.8. The van der Waals surface area contributed by atoms with Gasteiger partial charge in [-0.1, -0.05) is 63.1 Å². The van der Waals surface area contributed by atoms with E-state index in [1.165, 1.54) is 68.4 Å². The number of unbranched alkanes of at least 4 members (excludes halogenated alkanes) is 8. The van der Waals surface area contributed by atoms with E-state index < -0.39 is 0 Å². The molecule has 2 unspecified atom stereocenters. The van der Waals surface area contributed by atoms with Gasteiger partial charge < -0.3 is 14.9 Å². The quantitative estimate of drug-likeness (QED) is 0.287. The number of benzene rings is 1. The minimum atomic E-state index is 0.0266. The highest BCUT2D eigenvalue weighted by molar-refractivity contribution is 5.74. The van der Waals surface area contributed by atoms with Gasteiger partial charge >= 0.3 is 0 Å². The maximum Gasteiger partial charge on any atom is 0.245 e. The Morgan fingerprint density at radius 2 is 1.74 bits per heavy atom. The molecule has 0 spiro atoms. The summed E-state index contributed by atoms with van der Waals surface area (Å²) in [6, 6.07) is 8.70. The van der Waals surface area contributed by atoms with Crippen LogP contribution >= 0.6 is 0 Å². The van der Waals surface area contributed by atoms with E-state index in [1.54, 1.807) is 7.05 Å². The minimum Gasteiger partial charge on any atom is -0.394 e. The maximum atomic E-state index is 11.7. The zero-order valence-corrected chi connectivity index (χ0v) is 21.2. The number of hydrogen-bond acceptors (Lipinski definition) is 6. The smallest absolute Gasteiger partial charge is 0.245 e. The third-order valence-corrected chi connectivity index (χ3v) is 6.92. The minimum absolute atomic E-state index is 0.0266. The third kappa shape index (κ3) is 6.83. The van der Waals surface area contributed by atoms with Gasteiger partial charge in [0.25, 0.3) is 0 Å². The molecule has 0 fully saturated rings. The number of hydrogen-bond donors (Lipinski definition) is 1. The largest absolute Gasteiger partial charge is 0.394 e. The third-order valence-electron chi connectivity index (χ3n) is 6.92. The summed E-state index contributed by atoms with van der Waals surface area (Å²) in [6.45, 7) is 3.16. The standard InChI is InChI=1S/C27H42N4O3/c1-22(20-32)31-19-24-27(23-15-12-13-16-25(23)31)30(21-28-24)18-14-10-8-6-4-5-7-9-11-17-26(33)29(2)34-3/h12-13,15-16,19,21-22,27,32H,4-11,14,17-18,20H2,1-3H3. The normalized spacial score (nSPS) is 17.4. The highest BCUT2D eigenvalue weighted by Gasteiger charge is 2.34. The van der Waals surface area contributed by atoms with Crippen molar-refractivity contribution in [1.82, 2.24) is 9.96 Å². The van der Waals surface area contributed by atoms with Crippen molar-refractivity contribution in [3.8, 4) is 0 Å². The Kier molecular flexibility index (Phi) is 10.4. The number of aliphatic hydroxyl groups excluding tert-OH is 1. The molecule has 1 aromatic rings. The number of rotatable bonds is 15. The van der Waals surface area contributed by atoms with E-state index >= 15 is 0 Å². The van der Waals surface area contributed by atoms with Gasteiger partial charge in [-0.15, -0.1) is 0 Å². The molecule has 2 aliphatic rings. The van der Waals surface area contributed by atoms with Gasteiger partial charge in [0.1, 0.15) is 6.04 Å². The van der Waals surface area contributed by atoms with Crippen molar-refractivity contribution < 1.29 is 14.7 Å². The second kappa shape index (κ2) is 13.5. The van der Waals surface area contributed by atoms with Crippen LogP contribution in [0, 0.1) is 0 Å². The highest BCUT2D eigenvalue weighted by atomic mass is 16.7. The van der Waals surface area contributed by atoms with Gasteiger partial charge in [0.2, 0.25) is 5.91 Å². The summed E-state index contributed by atoms with van der Waals surface area (Å²) in [5.41, 5.74) is 3.51. The molecule has 188 valence electrons. The molecule has 0 aromatic heterocycles. The van der Waals surface area contributed by atoms with Crippen molar-refractivity contribution in [2.75, 3.05) is 32.2 Å². The number of aliphatic imine (C=N–C) groups is 1. The molecule has 7 nitrogen and oxygen atoms in total. The molecule has 3 rings (SSSR count). The highest BCUT2D eigenvalue weighted by Crippen LogP contribution is 2.43. The zero-order valence-electron chi connectivity index (χ0n) is 21.2. The van der Waals surface area contributed by atoms with E-state index in [0.29, 0.717) is 6.42 Å². The molecule has 0 aliphatic carbocycles. The first-order chi connectivity index (χ1) is 16.6. The predicted octanol–water partition coefficient (Wildman–Crippen LogP) is 5.03. The lowest BCUT2D eigenvalue weighted by molar-refractivity contribution is -0.168.